The van der Waals surface area contributed by atoms with E-state index >= 15 is 0 Å². The van der Waals surface area contributed by atoms with Crippen LogP contribution in [-0.2, 0) is 0 Å². The van der Waals surface area contributed by atoms with Crippen LogP contribution in [0.1, 0.15) is 24.5 Å². The molecule has 2 aromatic carbocycles. The standard InChI is InChI=1S/C20H21N3O2/c1-3-23(4-2)17-12-10-16(11-13-17)22-19(24)20-21-14-18(25-20)15-8-6-5-7-9-15/h5-14H,3-4H2,1-2H3,(H,22,24). The maximum atomic E-state index is 12.3. The summed E-state index contributed by atoms with van der Waals surface area (Å²) in [6.45, 7) is 6.12. The highest BCUT2D eigenvalue weighted by atomic mass is 16.4. The Labute approximate surface area is 147 Å². The summed E-state index contributed by atoms with van der Waals surface area (Å²) in [6.07, 6.45) is 1.56. The Morgan fingerprint density at radius 1 is 1.04 bits per heavy atom. The fraction of sp³-hybridized carbons (Fsp3) is 0.200. The highest BCUT2D eigenvalue weighted by Crippen LogP contribution is 2.21. The van der Waals surface area contributed by atoms with E-state index in [9.17, 15) is 4.79 Å². The lowest BCUT2D eigenvalue weighted by atomic mass is 10.2. The Kier molecular flexibility index (Phi) is 5.14. The van der Waals surface area contributed by atoms with Crippen molar-refractivity contribution in [2.24, 2.45) is 0 Å². The quantitative estimate of drug-likeness (QED) is 0.723. The third-order valence-corrected chi connectivity index (χ3v) is 4.01. The zero-order chi connectivity index (χ0) is 17.6. The van der Waals surface area contributed by atoms with Gasteiger partial charge in [0.1, 0.15) is 0 Å². The zero-order valence-electron chi connectivity index (χ0n) is 14.4. The molecule has 0 saturated heterocycles. The number of hydrogen-bond acceptors (Lipinski definition) is 4. The van der Waals surface area contributed by atoms with Gasteiger partial charge in [-0.15, -0.1) is 0 Å². The van der Waals surface area contributed by atoms with Crippen molar-refractivity contribution < 1.29 is 9.21 Å². The van der Waals surface area contributed by atoms with Gasteiger partial charge >= 0.3 is 5.91 Å². The molecule has 25 heavy (non-hydrogen) atoms. The normalized spacial score (nSPS) is 10.5. The van der Waals surface area contributed by atoms with Crippen LogP contribution in [0.4, 0.5) is 11.4 Å². The molecule has 0 spiro atoms. The Hall–Kier alpha value is -3.08. The fourth-order valence-corrected chi connectivity index (χ4v) is 2.64. The molecule has 3 aromatic rings. The summed E-state index contributed by atoms with van der Waals surface area (Å²) >= 11 is 0. The highest BCUT2D eigenvalue weighted by Gasteiger charge is 2.14. The molecule has 0 saturated carbocycles. The number of nitrogens with one attached hydrogen (secondary N) is 1. The van der Waals surface area contributed by atoms with E-state index in [0.29, 0.717) is 11.4 Å². The minimum atomic E-state index is -0.363. The first-order valence-corrected chi connectivity index (χ1v) is 8.39. The number of aromatic nitrogens is 1. The molecule has 1 aromatic heterocycles. The van der Waals surface area contributed by atoms with Crippen LogP contribution >= 0.6 is 0 Å². The lowest BCUT2D eigenvalue weighted by Crippen LogP contribution is -2.21. The smallest absolute Gasteiger partial charge is 0.311 e. The van der Waals surface area contributed by atoms with Gasteiger partial charge in [-0.05, 0) is 38.1 Å². The molecule has 0 atom stereocenters. The van der Waals surface area contributed by atoms with E-state index in [1.165, 1.54) is 0 Å². The minimum Gasteiger partial charge on any atom is -0.432 e. The topological polar surface area (TPSA) is 58.4 Å². The largest absolute Gasteiger partial charge is 0.432 e. The highest BCUT2D eigenvalue weighted by molar-refractivity contribution is 6.01. The minimum absolute atomic E-state index is 0.0478. The van der Waals surface area contributed by atoms with Crippen molar-refractivity contribution in [1.82, 2.24) is 4.98 Å². The molecule has 0 aliphatic heterocycles. The third kappa shape index (κ3) is 3.88. The van der Waals surface area contributed by atoms with Crippen LogP contribution in [0.2, 0.25) is 0 Å². The van der Waals surface area contributed by atoms with Crippen molar-refractivity contribution in [2.45, 2.75) is 13.8 Å². The van der Waals surface area contributed by atoms with Gasteiger partial charge in [0.05, 0.1) is 6.20 Å². The van der Waals surface area contributed by atoms with Gasteiger partial charge in [0.25, 0.3) is 5.89 Å². The molecule has 0 fully saturated rings. The van der Waals surface area contributed by atoms with Crippen LogP contribution in [0.15, 0.2) is 65.2 Å². The predicted molar refractivity (Wildman–Crippen MR) is 99.9 cm³/mol. The number of carbonyl (C=O) groups excluding carboxylic acids is 1. The van der Waals surface area contributed by atoms with Crippen molar-refractivity contribution in [1.29, 1.82) is 0 Å². The van der Waals surface area contributed by atoms with Crippen molar-refractivity contribution in [3.05, 3.63) is 66.7 Å². The summed E-state index contributed by atoms with van der Waals surface area (Å²) < 4.78 is 5.57. The summed E-state index contributed by atoms with van der Waals surface area (Å²) in [6, 6.07) is 17.3. The van der Waals surface area contributed by atoms with Gasteiger partial charge in [0, 0.05) is 30.0 Å². The number of benzene rings is 2. The molecule has 0 aliphatic rings. The molecule has 1 amide bonds. The molecule has 128 valence electrons. The van der Waals surface area contributed by atoms with Gasteiger partial charge in [0.2, 0.25) is 0 Å². The first kappa shape index (κ1) is 16.8. The van der Waals surface area contributed by atoms with Gasteiger partial charge in [-0.25, -0.2) is 4.98 Å². The lowest BCUT2D eigenvalue weighted by Gasteiger charge is -2.21. The van der Waals surface area contributed by atoms with E-state index in [-0.39, 0.29) is 11.8 Å². The first-order chi connectivity index (χ1) is 12.2. The van der Waals surface area contributed by atoms with Crippen LogP contribution in [-0.4, -0.2) is 24.0 Å². The van der Waals surface area contributed by atoms with Crippen molar-refractivity contribution in [3.63, 3.8) is 0 Å². The first-order valence-electron chi connectivity index (χ1n) is 8.39. The molecular formula is C20H21N3O2. The van der Waals surface area contributed by atoms with Gasteiger partial charge in [-0.2, -0.15) is 0 Å². The third-order valence-electron chi connectivity index (χ3n) is 4.01. The molecular weight excluding hydrogens is 314 g/mol. The summed E-state index contributed by atoms with van der Waals surface area (Å²) in [7, 11) is 0. The van der Waals surface area contributed by atoms with Gasteiger partial charge in [0.15, 0.2) is 5.76 Å². The lowest BCUT2D eigenvalue weighted by molar-refractivity contribution is 0.0991. The molecule has 1 heterocycles. The van der Waals surface area contributed by atoms with Gasteiger partial charge in [-0.1, -0.05) is 30.3 Å². The molecule has 0 radical (unpaired) electrons. The van der Waals surface area contributed by atoms with Crippen LogP contribution in [0.25, 0.3) is 11.3 Å². The average Bonchev–Trinajstić information content (AvgIpc) is 3.15. The second-order valence-electron chi connectivity index (χ2n) is 5.57. The zero-order valence-corrected chi connectivity index (χ0v) is 14.4. The van der Waals surface area contributed by atoms with Gasteiger partial charge < -0.3 is 14.6 Å². The molecule has 3 rings (SSSR count). The Morgan fingerprint density at radius 3 is 2.36 bits per heavy atom. The number of hydrogen-bond donors (Lipinski definition) is 1. The molecule has 5 nitrogen and oxygen atoms in total. The second kappa shape index (κ2) is 7.66. The van der Waals surface area contributed by atoms with Crippen LogP contribution in [0.5, 0.6) is 0 Å². The second-order valence-corrected chi connectivity index (χ2v) is 5.57. The Bertz CT molecular complexity index is 822. The van der Waals surface area contributed by atoms with E-state index in [4.69, 9.17) is 4.42 Å². The van der Waals surface area contributed by atoms with Crippen LogP contribution < -0.4 is 10.2 Å². The van der Waals surface area contributed by atoms with Crippen molar-refractivity contribution in [2.75, 3.05) is 23.3 Å². The van der Waals surface area contributed by atoms with Crippen LogP contribution in [0, 0.1) is 0 Å². The van der Waals surface area contributed by atoms with Crippen molar-refractivity contribution in [3.8, 4) is 11.3 Å². The summed E-state index contributed by atoms with van der Waals surface area (Å²) in [5, 5.41) is 2.81. The average molecular weight is 335 g/mol. The Balaban J connectivity index is 1.69. The van der Waals surface area contributed by atoms with E-state index in [0.717, 1.165) is 24.3 Å². The number of carbonyl (C=O) groups is 1. The maximum Gasteiger partial charge on any atom is 0.311 e. The molecule has 0 bridgehead atoms. The molecule has 5 heteroatoms. The summed E-state index contributed by atoms with van der Waals surface area (Å²) in [4.78, 5) is 18.6. The maximum absolute atomic E-state index is 12.3. The number of amides is 1. The number of anilines is 2. The van der Waals surface area contributed by atoms with E-state index in [1.54, 1.807) is 6.20 Å². The number of rotatable bonds is 6. The monoisotopic (exact) mass is 335 g/mol. The predicted octanol–water partition coefficient (Wildman–Crippen LogP) is 4.44. The number of oxazole rings is 1. The molecule has 1 N–H and O–H groups in total. The summed E-state index contributed by atoms with van der Waals surface area (Å²) in [5.74, 6) is 0.257. The molecule has 0 unspecified atom stereocenters. The van der Waals surface area contributed by atoms with E-state index in [2.05, 4.69) is 29.0 Å². The summed E-state index contributed by atoms with van der Waals surface area (Å²) in [5.41, 5.74) is 2.73. The van der Waals surface area contributed by atoms with E-state index in [1.807, 2.05) is 54.6 Å². The van der Waals surface area contributed by atoms with Crippen LogP contribution in [0.3, 0.4) is 0 Å². The fourth-order valence-electron chi connectivity index (χ4n) is 2.64. The van der Waals surface area contributed by atoms with Gasteiger partial charge in [-0.3, -0.25) is 4.79 Å². The SMILES string of the molecule is CCN(CC)c1ccc(NC(=O)c2ncc(-c3ccccc3)o2)cc1. The Morgan fingerprint density at radius 2 is 1.72 bits per heavy atom. The molecule has 0 aliphatic carbocycles. The van der Waals surface area contributed by atoms with Crippen molar-refractivity contribution >= 4 is 17.3 Å². The van der Waals surface area contributed by atoms with E-state index < -0.39 is 0 Å². The number of nitrogens with zero attached hydrogens (tertiary/aromatic N) is 2.